The van der Waals surface area contributed by atoms with Crippen LogP contribution >= 0.6 is 0 Å². The lowest BCUT2D eigenvalue weighted by molar-refractivity contribution is 0.0494. The summed E-state index contributed by atoms with van der Waals surface area (Å²) in [6, 6.07) is 2.81. The Morgan fingerprint density at radius 1 is 1.48 bits per heavy atom. The molecule has 1 fully saturated rings. The highest BCUT2D eigenvalue weighted by atomic mass is 19.1. The number of alkyl carbamates (subject to hydrolysis) is 1. The van der Waals surface area contributed by atoms with Crippen molar-refractivity contribution in [2.75, 3.05) is 6.61 Å². The summed E-state index contributed by atoms with van der Waals surface area (Å²) in [5.41, 5.74) is -0.421. The van der Waals surface area contributed by atoms with Crippen molar-refractivity contribution in [3.8, 4) is 0 Å². The molecule has 1 aromatic rings. The molecule has 0 aromatic heterocycles. The second-order valence-electron chi connectivity index (χ2n) is 6.06. The largest absolute Gasteiger partial charge is 0.444 e. The number of hydrogen-bond donors (Lipinski definition) is 1. The molecule has 1 amide bonds. The van der Waals surface area contributed by atoms with Gasteiger partial charge in [0.05, 0.1) is 12.6 Å². The van der Waals surface area contributed by atoms with Gasteiger partial charge in [0, 0.05) is 0 Å². The quantitative estimate of drug-likeness (QED) is 0.870. The number of amides is 1. The Kier molecular flexibility index (Phi) is 4.46. The van der Waals surface area contributed by atoms with Crippen molar-refractivity contribution in [1.82, 2.24) is 5.32 Å². The molecule has 4 nitrogen and oxygen atoms in total. The number of benzene rings is 1. The van der Waals surface area contributed by atoms with Crippen LogP contribution in [0.1, 0.15) is 26.3 Å². The van der Waals surface area contributed by atoms with Crippen molar-refractivity contribution in [1.29, 1.82) is 0 Å². The van der Waals surface area contributed by atoms with Gasteiger partial charge >= 0.3 is 6.09 Å². The third-order valence-electron chi connectivity index (χ3n) is 2.96. The molecule has 1 saturated heterocycles. The molecule has 1 aliphatic heterocycles. The van der Waals surface area contributed by atoms with Crippen molar-refractivity contribution in [2.45, 2.75) is 44.9 Å². The van der Waals surface area contributed by atoms with Crippen molar-refractivity contribution in [3.05, 3.63) is 35.4 Å². The van der Waals surface area contributed by atoms with Crippen molar-refractivity contribution in [2.24, 2.45) is 0 Å². The predicted octanol–water partition coefficient (Wildman–Crippen LogP) is 2.80. The monoisotopic (exact) mass is 299 g/mol. The third-order valence-corrected chi connectivity index (χ3v) is 2.96. The maximum absolute atomic E-state index is 13.7. The van der Waals surface area contributed by atoms with Crippen LogP contribution in [0.4, 0.5) is 13.6 Å². The van der Waals surface area contributed by atoms with Gasteiger partial charge in [0.1, 0.15) is 23.3 Å². The molecular weight excluding hydrogens is 280 g/mol. The Hall–Kier alpha value is -1.69. The molecule has 21 heavy (non-hydrogen) atoms. The first-order valence-corrected chi connectivity index (χ1v) is 6.79. The van der Waals surface area contributed by atoms with Crippen LogP contribution in [0.5, 0.6) is 0 Å². The number of ether oxygens (including phenoxy) is 2. The smallest absolute Gasteiger partial charge is 0.407 e. The van der Waals surface area contributed by atoms with Gasteiger partial charge in [0.25, 0.3) is 0 Å². The Morgan fingerprint density at radius 2 is 2.14 bits per heavy atom. The van der Waals surface area contributed by atoms with Gasteiger partial charge < -0.3 is 14.8 Å². The average Bonchev–Trinajstić information content (AvgIpc) is 3.14. The zero-order valence-electron chi connectivity index (χ0n) is 12.3. The van der Waals surface area contributed by atoms with Gasteiger partial charge in [0.15, 0.2) is 0 Å². The van der Waals surface area contributed by atoms with Gasteiger partial charge in [-0.1, -0.05) is 0 Å². The molecule has 2 atom stereocenters. The molecule has 0 bridgehead atoms. The first-order chi connectivity index (χ1) is 9.74. The molecule has 2 unspecified atom stereocenters. The molecule has 1 heterocycles. The van der Waals surface area contributed by atoms with Crippen LogP contribution in [-0.2, 0) is 15.9 Å². The lowest BCUT2D eigenvalue weighted by atomic mass is 10.0. The van der Waals surface area contributed by atoms with Crippen LogP contribution in [0.25, 0.3) is 0 Å². The van der Waals surface area contributed by atoms with Gasteiger partial charge in [-0.2, -0.15) is 0 Å². The summed E-state index contributed by atoms with van der Waals surface area (Å²) in [7, 11) is 0. The summed E-state index contributed by atoms with van der Waals surface area (Å²) in [5, 5.41) is 2.66. The van der Waals surface area contributed by atoms with E-state index in [1.54, 1.807) is 20.8 Å². The SMILES string of the molecule is CC(C)(C)OC(=O)NC(Cc1cc(F)ccc1F)C1CO1. The summed E-state index contributed by atoms with van der Waals surface area (Å²) < 4.78 is 37.2. The molecular formula is C15H19F2NO3. The van der Waals surface area contributed by atoms with Gasteiger partial charge in [0.2, 0.25) is 0 Å². The normalized spacial score (nSPS) is 19.0. The molecule has 116 valence electrons. The van der Waals surface area contributed by atoms with Crippen LogP contribution in [0.15, 0.2) is 18.2 Å². The predicted molar refractivity (Wildman–Crippen MR) is 73.0 cm³/mol. The Morgan fingerprint density at radius 3 is 2.71 bits per heavy atom. The number of halogens is 2. The fourth-order valence-corrected chi connectivity index (χ4v) is 1.96. The number of carbonyl (C=O) groups excluding carboxylic acids is 1. The van der Waals surface area contributed by atoms with Crippen LogP contribution in [-0.4, -0.2) is 30.4 Å². The number of rotatable bonds is 4. The van der Waals surface area contributed by atoms with Crippen LogP contribution < -0.4 is 5.32 Å². The minimum Gasteiger partial charge on any atom is -0.444 e. The van der Waals surface area contributed by atoms with Crippen LogP contribution in [0.3, 0.4) is 0 Å². The van der Waals surface area contributed by atoms with E-state index in [-0.39, 0.29) is 18.1 Å². The lowest BCUT2D eigenvalue weighted by Gasteiger charge is -2.23. The van der Waals surface area contributed by atoms with Gasteiger partial charge in [-0.25, -0.2) is 13.6 Å². The van der Waals surface area contributed by atoms with Crippen LogP contribution in [0, 0.1) is 11.6 Å². The summed E-state index contributed by atoms with van der Waals surface area (Å²) in [5.74, 6) is -1.02. The van der Waals surface area contributed by atoms with Crippen molar-refractivity contribution in [3.63, 3.8) is 0 Å². The molecule has 0 saturated carbocycles. The number of nitrogens with one attached hydrogen (secondary N) is 1. The van der Waals surface area contributed by atoms with Gasteiger partial charge in [-0.3, -0.25) is 0 Å². The van der Waals surface area contributed by atoms with E-state index < -0.39 is 29.4 Å². The molecule has 6 heteroatoms. The van der Waals surface area contributed by atoms with Crippen molar-refractivity contribution < 1.29 is 23.0 Å². The number of hydrogen-bond acceptors (Lipinski definition) is 3. The average molecular weight is 299 g/mol. The number of carbonyl (C=O) groups is 1. The first-order valence-electron chi connectivity index (χ1n) is 6.79. The molecule has 1 aromatic carbocycles. The Labute approximate surface area is 122 Å². The van der Waals surface area contributed by atoms with E-state index in [4.69, 9.17) is 9.47 Å². The highest BCUT2D eigenvalue weighted by molar-refractivity contribution is 5.68. The van der Waals surface area contributed by atoms with E-state index in [0.29, 0.717) is 6.61 Å². The minimum absolute atomic E-state index is 0.146. The summed E-state index contributed by atoms with van der Waals surface area (Å²) >= 11 is 0. The van der Waals surface area contributed by atoms with Gasteiger partial charge in [-0.15, -0.1) is 0 Å². The molecule has 1 N–H and O–H groups in total. The molecule has 0 radical (unpaired) electrons. The maximum Gasteiger partial charge on any atom is 0.407 e. The fourth-order valence-electron chi connectivity index (χ4n) is 1.96. The van der Waals surface area contributed by atoms with E-state index in [2.05, 4.69) is 5.32 Å². The summed E-state index contributed by atoms with van der Waals surface area (Å²) in [6.45, 7) is 5.74. The molecule has 0 aliphatic carbocycles. The highest BCUT2D eigenvalue weighted by Crippen LogP contribution is 2.21. The van der Waals surface area contributed by atoms with E-state index in [1.165, 1.54) is 0 Å². The van der Waals surface area contributed by atoms with Crippen molar-refractivity contribution >= 4 is 6.09 Å². The summed E-state index contributed by atoms with van der Waals surface area (Å²) in [4.78, 5) is 11.8. The molecule has 0 spiro atoms. The molecule has 2 rings (SSSR count). The standard InChI is InChI=1S/C15H19F2NO3/c1-15(2,3)21-14(19)18-12(13-8-20-13)7-9-6-10(16)4-5-11(9)17/h4-6,12-13H,7-8H2,1-3H3,(H,18,19). The number of epoxide rings is 1. The second kappa shape index (κ2) is 5.97. The lowest BCUT2D eigenvalue weighted by Crippen LogP contribution is -2.43. The zero-order valence-corrected chi connectivity index (χ0v) is 12.3. The summed E-state index contributed by atoms with van der Waals surface area (Å²) in [6.07, 6.45) is -0.645. The fraction of sp³-hybridized carbons (Fsp3) is 0.533. The maximum atomic E-state index is 13.7. The van der Waals surface area contributed by atoms with E-state index in [0.717, 1.165) is 18.2 Å². The Balaban J connectivity index is 2.03. The first kappa shape index (κ1) is 15.7. The Bertz CT molecular complexity index is 524. The van der Waals surface area contributed by atoms with Crippen LogP contribution in [0.2, 0.25) is 0 Å². The van der Waals surface area contributed by atoms with E-state index in [9.17, 15) is 13.6 Å². The zero-order chi connectivity index (χ0) is 15.6. The van der Waals surface area contributed by atoms with Gasteiger partial charge in [-0.05, 0) is 51.0 Å². The topological polar surface area (TPSA) is 50.9 Å². The second-order valence-corrected chi connectivity index (χ2v) is 6.06. The highest BCUT2D eigenvalue weighted by Gasteiger charge is 2.35. The third kappa shape index (κ3) is 4.97. The van der Waals surface area contributed by atoms with E-state index >= 15 is 0 Å². The minimum atomic E-state index is -0.622. The molecule has 1 aliphatic rings. The van der Waals surface area contributed by atoms with E-state index in [1.807, 2.05) is 0 Å².